The van der Waals surface area contributed by atoms with E-state index >= 15 is 0 Å². The van der Waals surface area contributed by atoms with E-state index < -0.39 is 13.0 Å². The average molecular weight is 492 g/mol. The second-order valence-electron chi connectivity index (χ2n) is 8.59. The smallest absolute Gasteiger partial charge is 0.275 e. The molecular formula is C25H22F2N6O3. The molecule has 11 heteroatoms. The Labute approximate surface area is 204 Å². The number of hydrogen-bond donors (Lipinski definition) is 0. The van der Waals surface area contributed by atoms with Gasteiger partial charge in [-0.25, -0.2) is 13.5 Å². The molecule has 1 amide bonds. The van der Waals surface area contributed by atoms with Crippen LogP contribution in [0.15, 0.2) is 47.4 Å². The minimum atomic E-state index is -2.66. The lowest BCUT2D eigenvalue weighted by atomic mass is 10.1. The van der Waals surface area contributed by atoms with Gasteiger partial charge in [0.25, 0.3) is 12.0 Å². The maximum Gasteiger partial charge on any atom is 0.275 e. The highest BCUT2D eigenvalue weighted by atomic mass is 19.3. The van der Waals surface area contributed by atoms with Crippen LogP contribution in [0.4, 0.5) is 8.78 Å². The Bertz CT molecular complexity index is 1550. The van der Waals surface area contributed by atoms with Crippen molar-refractivity contribution in [2.24, 2.45) is 0 Å². The maximum absolute atomic E-state index is 13.1. The van der Waals surface area contributed by atoms with Crippen molar-refractivity contribution < 1.29 is 18.3 Å². The SMILES string of the molecule is N#Cc1cc2nn(Cc3nn(CC(=O)N4CCCC4)c(=O)c4ccccc34)cc2cc1OCC(F)F. The Morgan fingerprint density at radius 3 is 2.61 bits per heavy atom. The molecule has 1 aliphatic heterocycles. The number of carbonyl (C=O) groups is 1. The molecule has 0 atom stereocenters. The van der Waals surface area contributed by atoms with Crippen LogP contribution in [0.25, 0.3) is 21.7 Å². The van der Waals surface area contributed by atoms with Gasteiger partial charge in [0.05, 0.1) is 28.7 Å². The van der Waals surface area contributed by atoms with E-state index in [1.54, 1.807) is 40.0 Å². The molecule has 0 N–H and O–H groups in total. The molecule has 4 aromatic rings. The van der Waals surface area contributed by atoms with Crippen LogP contribution in [0.1, 0.15) is 24.1 Å². The number of nitriles is 1. The Morgan fingerprint density at radius 2 is 1.89 bits per heavy atom. The van der Waals surface area contributed by atoms with E-state index in [-0.39, 0.29) is 35.9 Å². The largest absolute Gasteiger partial charge is 0.486 e. The number of rotatable bonds is 7. The van der Waals surface area contributed by atoms with E-state index in [1.807, 2.05) is 6.07 Å². The zero-order chi connectivity index (χ0) is 25.2. The Kier molecular flexibility index (Phi) is 6.33. The summed E-state index contributed by atoms with van der Waals surface area (Å²) in [5.41, 5.74) is 0.789. The van der Waals surface area contributed by atoms with Crippen molar-refractivity contribution in [3.05, 3.63) is 64.2 Å². The molecule has 0 saturated carbocycles. The number of benzene rings is 2. The summed E-state index contributed by atoms with van der Waals surface area (Å²) in [6.07, 6.45) is 0.924. The van der Waals surface area contributed by atoms with Gasteiger partial charge in [0.15, 0.2) is 0 Å². The summed E-state index contributed by atoms with van der Waals surface area (Å²) in [6.45, 7) is 0.585. The highest BCUT2D eigenvalue weighted by Gasteiger charge is 2.20. The van der Waals surface area contributed by atoms with Crippen molar-refractivity contribution >= 4 is 27.6 Å². The van der Waals surface area contributed by atoms with Gasteiger partial charge in [-0.2, -0.15) is 15.5 Å². The molecule has 0 unspecified atom stereocenters. The van der Waals surface area contributed by atoms with Gasteiger partial charge in [-0.1, -0.05) is 18.2 Å². The molecule has 1 fully saturated rings. The number of likely N-dealkylation sites (tertiary alicyclic amines) is 1. The topological polar surface area (TPSA) is 106 Å². The molecule has 2 aromatic carbocycles. The van der Waals surface area contributed by atoms with Crippen LogP contribution < -0.4 is 10.3 Å². The molecule has 36 heavy (non-hydrogen) atoms. The quantitative estimate of drug-likeness (QED) is 0.393. The van der Waals surface area contributed by atoms with Crippen LogP contribution in [0.2, 0.25) is 0 Å². The van der Waals surface area contributed by atoms with Crippen LogP contribution in [-0.4, -0.2) is 56.5 Å². The molecule has 1 saturated heterocycles. The lowest BCUT2D eigenvalue weighted by Crippen LogP contribution is -2.36. The first-order valence-electron chi connectivity index (χ1n) is 11.5. The Balaban J connectivity index is 1.50. The number of aromatic nitrogens is 4. The predicted octanol–water partition coefficient (Wildman–Crippen LogP) is 2.93. The molecule has 0 aliphatic carbocycles. The predicted molar refractivity (Wildman–Crippen MR) is 127 cm³/mol. The third-order valence-corrected chi connectivity index (χ3v) is 6.14. The molecule has 1 aliphatic rings. The van der Waals surface area contributed by atoms with Crippen LogP contribution in [0.5, 0.6) is 5.75 Å². The summed E-state index contributed by atoms with van der Waals surface area (Å²) in [4.78, 5) is 27.5. The van der Waals surface area contributed by atoms with Crippen LogP contribution in [0.3, 0.4) is 0 Å². The highest BCUT2D eigenvalue weighted by molar-refractivity contribution is 5.85. The molecule has 3 heterocycles. The zero-order valence-corrected chi connectivity index (χ0v) is 19.2. The lowest BCUT2D eigenvalue weighted by molar-refractivity contribution is -0.131. The van der Waals surface area contributed by atoms with Gasteiger partial charge >= 0.3 is 0 Å². The fourth-order valence-corrected chi connectivity index (χ4v) is 4.42. The first-order valence-corrected chi connectivity index (χ1v) is 11.5. The number of hydrogen-bond acceptors (Lipinski definition) is 6. The molecule has 0 radical (unpaired) electrons. The lowest BCUT2D eigenvalue weighted by Gasteiger charge is -2.16. The number of amides is 1. The summed E-state index contributed by atoms with van der Waals surface area (Å²) in [6, 6.07) is 12.0. The van der Waals surface area contributed by atoms with Gasteiger partial charge in [0, 0.05) is 30.1 Å². The molecule has 0 spiro atoms. The van der Waals surface area contributed by atoms with Gasteiger partial charge in [-0.05, 0) is 31.0 Å². The van der Waals surface area contributed by atoms with Crippen molar-refractivity contribution in [2.75, 3.05) is 19.7 Å². The number of ether oxygens (including phenoxy) is 1. The highest BCUT2D eigenvalue weighted by Crippen LogP contribution is 2.26. The summed E-state index contributed by atoms with van der Waals surface area (Å²) < 4.78 is 33.1. The second-order valence-corrected chi connectivity index (χ2v) is 8.59. The van der Waals surface area contributed by atoms with Crippen molar-refractivity contribution in [1.82, 2.24) is 24.5 Å². The first kappa shape index (κ1) is 23.4. The van der Waals surface area contributed by atoms with E-state index in [1.165, 1.54) is 16.8 Å². The summed E-state index contributed by atoms with van der Waals surface area (Å²) >= 11 is 0. The van der Waals surface area contributed by atoms with E-state index in [9.17, 15) is 23.6 Å². The molecular weight excluding hydrogens is 470 g/mol. The molecule has 2 aromatic heterocycles. The van der Waals surface area contributed by atoms with Crippen LogP contribution in [0, 0.1) is 11.3 Å². The minimum absolute atomic E-state index is 0.0578. The van der Waals surface area contributed by atoms with Gasteiger partial charge in [0.2, 0.25) is 5.91 Å². The molecule has 5 rings (SSSR count). The van der Waals surface area contributed by atoms with E-state index in [2.05, 4.69) is 10.2 Å². The molecule has 9 nitrogen and oxygen atoms in total. The van der Waals surface area contributed by atoms with Gasteiger partial charge in [-0.3, -0.25) is 14.3 Å². The van der Waals surface area contributed by atoms with Crippen LogP contribution in [-0.2, 0) is 17.9 Å². The van der Waals surface area contributed by atoms with Gasteiger partial charge < -0.3 is 9.64 Å². The third kappa shape index (κ3) is 4.62. The minimum Gasteiger partial charge on any atom is -0.486 e. The van der Waals surface area contributed by atoms with E-state index in [0.717, 1.165) is 12.8 Å². The number of fused-ring (bicyclic) bond motifs is 2. The number of nitrogens with zero attached hydrogens (tertiary/aromatic N) is 6. The van der Waals surface area contributed by atoms with Crippen molar-refractivity contribution in [3.8, 4) is 11.8 Å². The first-order chi connectivity index (χ1) is 17.4. The fraction of sp³-hybridized carbons (Fsp3) is 0.320. The van der Waals surface area contributed by atoms with Crippen molar-refractivity contribution in [3.63, 3.8) is 0 Å². The fourth-order valence-electron chi connectivity index (χ4n) is 4.42. The second kappa shape index (κ2) is 9.73. The summed E-state index contributed by atoms with van der Waals surface area (Å²) in [5.74, 6) is -0.0871. The average Bonchev–Trinajstić information content (AvgIpc) is 3.54. The monoisotopic (exact) mass is 492 g/mol. The number of halogens is 2. The van der Waals surface area contributed by atoms with Gasteiger partial charge in [-0.15, -0.1) is 0 Å². The summed E-state index contributed by atoms with van der Waals surface area (Å²) in [7, 11) is 0. The normalized spacial score (nSPS) is 13.6. The standard InChI is InChI=1S/C25H22F2N6O3/c26-23(27)15-36-22-10-17-12-32(29-20(17)9-16(22)11-28)13-21-18-5-1-2-6-19(18)25(35)33(30-21)14-24(34)31-7-3-4-8-31/h1-2,5-6,9-10,12,23H,3-4,7-8,13-15H2. The summed E-state index contributed by atoms with van der Waals surface area (Å²) in [5, 5.41) is 20.1. The Morgan fingerprint density at radius 1 is 1.14 bits per heavy atom. The van der Waals surface area contributed by atoms with Gasteiger partial charge in [0.1, 0.15) is 25.0 Å². The molecule has 184 valence electrons. The van der Waals surface area contributed by atoms with E-state index in [0.29, 0.717) is 40.5 Å². The number of alkyl halides is 2. The van der Waals surface area contributed by atoms with Crippen LogP contribution >= 0.6 is 0 Å². The zero-order valence-electron chi connectivity index (χ0n) is 19.2. The number of carbonyl (C=O) groups excluding carboxylic acids is 1. The van der Waals surface area contributed by atoms with Crippen molar-refractivity contribution in [2.45, 2.75) is 32.4 Å². The van der Waals surface area contributed by atoms with E-state index in [4.69, 9.17) is 4.74 Å². The molecule has 0 bridgehead atoms. The Hall–Kier alpha value is -4.33. The maximum atomic E-state index is 13.1. The van der Waals surface area contributed by atoms with Crippen molar-refractivity contribution in [1.29, 1.82) is 5.26 Å². The third-order valence-electron chi connectivity index (χ3n) is 6.14.